The van der Waals surface area contributed by atoms with Gasteiger partial charge in [0.15, 0.2) is 0 Å². The summed E-state index contributed by atoms with van der Waals surface area (Å²) in [6.07, 6.45) is 1.73. The van der Waals surface area contributed by atoms with E-state index in [1.807, 2.05) is 7.05 Å². The van der Waals surface area contributed by atoms with E-state index in [0.717, 1.165) is 11.0 Å². The number of nitrogens with zero attached hydrogens (tertiary/aromatic N) is 1. The summed E-state index contributed by atoms with van der Waals surface area (Å²) in [6, 6.07) is 6.63. The van der Waals surface area contributed by atoms with E-state index in [1.54, 1.807) is 6.33 Å². The first-order chi connectivity index (χ1) is 8.67. The van der Waals surface area contributed by atoms with E-state index < -0.39 is 0 Å². The Morgan fingerprint density at radius 3 is 2.78 bits per heavy atom. The van der Waals surface area contributed by atoms with Crippen LogP contribution in [0.3, 0.4) is 0 Å². The third kappa shape index (κ3) is 2.40. The fraction of sp³-hybridized carbons (Fsp3) is 0.500. The Kier molecular flexibility index (Phi) is 3.99. The maximum absolute atomic E-state index is 5.92. The lowest BCUT2D eigenvalue weighted by Gasteiger charge is -2.29. The number of nitrogens with two attached hydrogens (primary N) is 1. The van der Waals surface area contributed by atoms with Gasteiger partial charge in [-0.15, -0.1) is 0 Å². The van der Waals surface area contributed by atoms with Gasteiger partial charge in [0.25, 0.3) is 0 Å². The molecule has 1 aromatic carbocycles. The molecule has 4 N–H and O–H groups in total. The maximum Gasteiger partial charge on any atom is 0.0931 e. The summed E-state index contributed by atoms with van der Waals surface area (Å²) in [5, 5.41) is 3.39. The van der Waals surface area contributed by atoms with Crippen LogP contribution in [0, 0.1) is 11.8 Å². The summed E-state index contributed by atoms with van der Waals surface area (Å²) < 4.78 is 0. The second-order valence-corrected chi connectivity index (χ2v) is 5.09. The molecule has 2 atom stereocenters. The monoisotopic (exact) mass is 246 g/mol. The topological polar surface area (TPSA) is 66.7 Å². The molecule has 0 saturated carbocycles. The Hall–Kier alpha value is -1.39. The number of imidazole rings is 1. The lowest BCUT2D eigenvalue weighted by molar-refractivity contribution is 0.299. The highest BCUT2D eigenvalue weighted by Crippen LogP contribution is 2.28. The average molecular weight is 246 g/mol. The average Bonchev–Trinajstić information content (AvgIpc) is 2.82. The van der Waals surface area contributed by atoms with E-state index in [2.05, 4.69) is 47.3 Å². The highest BCUT2D eigenvalue weighted by Gasteiger charge is 2.23. The van der Waals surface area contributed by atoms with Gasteiger partial charge in [0.1, 0.15) is 0 Å². The fourth-order valence-electron chi connectivity index (χ4n) is 2.57. The van der Waals surface area contributed by atoms with E-state index in [0.29, 0.717) is 18.4 Å². The number of rotatable bonds is 5. The molecule has 2 unspecified atom stereocenters. The molecule has 98 valence electrons. The molecule has 1 heterocycles. The first kappa shape index (κ1) is 13.1. The zero-order valence-electron chi connectivity index (χ0n) is 11.3. The fourth-order valence-corrected chi connectivity index (χ4v) is 2.57. The van der Waals surface area contributed by atoms with Gasteiger partial charge in [-0.3, -0.25) is 0 Å². The molecule has 2 rings (SSSR count). The van der Waals surface area contributed by atoms with Crippen LogP contribution in [0.2, 0.25) is 0 Å². The zero-order chi connectivity index (χ0) is 13.1. The van der Waals surface area contributed by atoms with Gasteiger partial charge < -0.3 is 16.0 Å². The van der Waals surface area contributed by atoms with Crippen LogP contribution in [0.15, 0.2) is 24.5 Å². The quantitative estimate of drug-likeness (QED) is 0.756. The summed E-state index contributed by atoms with van der Waals surface area (Å²) >= 11 is 0. The number of hydrogen-bond donors (Lipinski definition) is 3. The predicted molar refractivity (Wildman–Crippen MR) is 75.3 cm³/mol. The molecule has 4 heteroatoms. The molecular formula is C14H22N4. The van der Waals surface area contributed by atoms with Crippen LogP contribution in [0.25, 0.3) is 11.0 Å². The van der Waals surface area contributed by atoms with E-state index in [1.165, 1.54) is 5.56 Å². The van der Waals surface area contributed by atoms with Crippen LogP contribution in [-0.2, 0) is 0 Å². The van der Waals surface area contributed by atoms with Crippen LogP contribution in [0.5, 0.6) is 0 Å². The number of fused-ring (bicyclic) bond motifs is 1. The van der Waals surface area contributed by atoms with Gasteiger partial charge in [0, 0.05) is 6.04 Å². The van der Waals surface area contributed by atoms with E-state index in [9.17, 15) is 0 Å². The minimum atomic E-state index is 0.280. The first-order valence-electron chi connectivity index (χ1n) is 6.47. The van der Waals surface area contributed by atoms with Gasteiger partial charge in [0.2, 0.25) is 0 Å². The van der Waals surface area contributed by atoms with Crippen molar-refractivity contribution < 1.29 is 0 Å². The SMILES string of the molecule is CNC(c1ccc2nc[nH]c2c1)C(CN)C(C)C. The number of hydrogen-bond acceptors (Lipinski definition) is 3. The Bertz CT molecular complexity index is 503. The van der Waals surface area contributed by atoms with Gasteiger partial charge in [0.05, 0.1) is 17.4 Å². The van der Waals surface area contributed by atoms with Gasteiger partial charge in [-0.05, 0) is 43.1 Å². The number of H-pyrrole nitrogens is 1. The standard InChI is InChI=1S/C14H22N4/c1-9(2)11(7-15)14(16-3)10-4-5-12-13(6-10)18-8-17-12/h4-6,8-9,11,14,16H,7,15H2,1-3H3,(H,17,18). The Labute approximate surface area is 108 Å². The molecule has 0 amide bonds. The molecule has 0 saturated heterocycles. The third-order valence-corrected chi connectivity index (χ3v) is 3.67. The third-order valence-electron chi connectivity index (χ3n) is 3.67. The minimum Gasteiger partial charge on any atom is -0.345 e. The molecule has 0 aliphatic heterocycles. The zero-order valence-corrected chi connectivity index (χ0v) is 11.3. The smallest absolute Gasteiger partial charge is 0.0931 e. The summed E-state index contributed by atoms with van der Waals surface area (Å²) in [4.78, 5) is 7.40. The molecule has 2 aromatic rings. The molecular weight excluding hydrogens is 224 g/mol. The van der Waals surface area contributed by atoms with Gasteiger partial charge in [-0.25, -0.2) is 4.98 Å². The molecule has 0 fully saturated rings. The van der Waals surface area contributed by atoms with Crippen molar-refractivity contribution in [2.75, 3.05) is 13.6 Å². The van der Waals surface area contributed by atoms with Crippen molar-refractivity contribution in [3.8, 4) is 0 Å². The molecule has 18 heavy (non-hydrogen) atoms. The molecule has 4 nitrogen and oxygen atoms in total. The van der Waals surface area contributed by atoms with Crippen LogP contribution < -0.4 is 11.1 Å². The second kappa shape index (κ2) is 5.50. The molecule has 0 aliphatic rings. The van der Waals surface area contributed by atoms with Crippen molar-refractivity contribution in [1.82, 2.24) is 15.3 Å². The summed E-state index contributed by atoms with van der Waals surface area (Å²) in [5.41, 5.74) is 9.26. The Morgan fingerprint density at radius 2 is 2.17 bits per heavy atom. The number of benzene rings is 1. The molecule has 1 aromatic heterocycles. The van der Waals surface area contributed by atoms with E-state index in [-0.39, 0.29) is 6.04 Å². The number of aromatic nitrogens is 2. The largest absolute Gasteiger partial charge is 0.345 e. The van der Waals surface area contributed by atoms with Crippen LogP contribution in [-0.4, -0.2) is 23.6 Å². The summed E-state index contributed by atoms with van der Waals surface area (Å²) in [5.74, 6) is 0.972. The van der Waals surface area contributed by atoms with Crippen molar-refractivity contribution in [3.05, 3.63) is 30.1 Å². The molecule has 0 bridgehead atoms. The maximum atomic E-state index is 5.92. The van der Waals surface area contributed by atoms with E-state index in [4.69, 9.17) is 5.73 Å². The highest BCUT2D eigenvalue weighted by molar-refractivity contribution is 5.75. The van der Waals surface area contributed by atoms with Crippen molar-refractivity contribution in [1.29, 1.82) is 0 Å². The Morgan fingerprint density at radius 1 is 1.39 bits per heavy atom. The van der Waals surface area contributed by atoms with Crippen LogP contribution >= 0.6 is 0 Å². The highest BCUT2D eigenvalue weighted by atomic mass is 14.9. The van der Waals surface area contributed by atoms with Gasteiger partial charge >= 0.3 is 0 Å². The molecule has 0 radical (unpaired) electrons. The molecule has 0 spiro atoms. The lowest BCUT2D eigenvalue weighted by Crippen LogP contribution is -2.33. The van der Waals surface area contributed by atoms with Crippen LogP contribution in [0.1, 0.15) is 25.5 Å². The summed E-state index contributed by atoms with van der Waals surface area (Å²) in [7, 11) is 1.99. The van der Waals surface area contributed by atoms with Crippen molar-refractivity contribution in [2.45, 2.75) is 19.9 Å². The van der Waals surface area contributed by atoms with Crippen molar-refractivity contribution in [3.63, 3.8) is 0 Å². The predicted octanol–water partition coefficient (Wildman–Crippen LogP) is 2.05. The normalized spacial score (nSPS) is 15.2. The van der Waals surface area contributed by atoms with E-state index >= 15 is 0 Å². The first-order valence-corrected chi connectivity index (χ1v) is 6.47. The molecule has 0 aliphatic carbocycles. The minimum absolute atomic E-state index is 0.280. The van der Waals surface area contributed by atoms with Crippen molar-refractivity contribution in [2.24, 2.45) is 17.6 Å². The van der Waals surface area contributed by atoms with Crippen LogP contribution in [0.4, 0.5) is 0 Å². The number of nitrogens with one attached hydrogen (secondary N) is 2. The Balaban J connectivity index is 2.36. The van der Waals surface area contributed by atoms with Crippen molar-refractivity contribution >= 4 is 11.0 Å². The lowest BCUT2D eigenvalue weighted by atomic mass is 9.84. The number of aromatic amines is 1. The van der Waals surface area contributed by atoms with Gasteiger partial charge in [-0.1, -0.05) is 19.9 Å². The van der Waals surface area contributed by atoms with Gasteiger partial charge in [-0.2, -0.15) is 0 Å². The second-order valence-electron chi connectivity index (χ2n) is 5.09. The summed E-state index contributed by atoms with van der Waals surface area (Å²) in [6.45, 7) is 5.12.